The van der Waals surface area contributed by atoms with Crippen molar-refractivity contribution in [2.75, 3.05) is 20.8 Å². The van der Waals surface area contributed by atoms with Gasteiger partial charge >= 0.3 is 0 Å². The molecule has 0 radical (unpaired) electrons. The lowest BCUT2D eigenvalue weighted by atomic mass is 9.88. The Kier molecular flexibility index (Phi) is 8.31. The first-order chi connectivity index (χ1) is 13.7. The van der Waals surface area contributed by atoms with Crippen LogP contribution in [0.2, 0.25) is 0 Å². The normalized spacial score (nSPS) is 43.0. The number of carbonyl (C=O) groups is 2. The Balaban J connectivity index is 2.30. The molecule has 0 saturated carbocycles. The zero-order valence-corrected chi connectivity index (χ0v) is 16.6. The molecule has 2 aliphatic heterocycles. The molecule has 12 nitrogen and oxygen atoms in total. The summed E-state index contributed by atoms with van der Waals surface area (Å²) in [5.41, 5.74) is 0. The summed E-state index contributed by atoms with van der Waals surface area (Å²) in [5, 5.41) is 44.2. The van der Waals surface area contributed by atoms with E-state index in [0.29, 0.717) is 0 Å². The molecule has 10 atom stereocenters. The molecule has 2 fully saturated rings. The van der Waals surface area contributed by atoms with Gasteiger partial charge in [-0.2, -0.15) is 0 Å². The lowest BCUT2D eigenvalue weighted by Gasteiger charge is -2.48. The second-order valence-electron chi connectivity index (χ2n) is 7.07. The zero-order valence-electron chi connectivity index (χ0n) is 16.6. The van der Waals surface area contributed by atoms with Crippen molar-refractivity contribution in [1.82, 2.24) is 5.32 Å². The minimum Gasteiger partial charge on any atom is -0.547 e. The van der Waals surface area contributed by atoms with Crippen molar-refractivity contribution in [3.05, 3.63) is 0 Å². The van der Waals surface area contributed by atoms with Crippen molar-refractivity contribution in [1.29, 1.82) is 0 Å². The number of aliphatic hydroxyl groups excluding tert-OH is 3. The van der Waals surface area contributed by atoms with E-state index in [1.807, 2.05) is 0 Å². The van der Waals surface area contributed by atoms with Crippen LogP contribution >= 0.6 is 0 Å². The van der Waals surface area contributed by atoms with E-state index < -0.39 is 73.0 Å². The highest BCUT2D eigenvalue weighted by atomic mass is 16.7. The Morgan fingerprint density at radius 1 is 1.07 bits per heavy atom. The first kappa shape index (κ1) is 23.9. The van der Waals surface area contributed by atoms with Crippen LogP contribution in [-0.2, 0) is 33.3 Å². The maximum Gasteiger partial charge on any atom is 0.217 e. The van der Waals surface area contributed by atoms with E-state index in [-0.39, 0.29) is 6.61 Å². The number of nitrogens with one attached hydrogen (secondary N) is 1. The maximum atomic E-state index is 11.7. The number of carboxylic acids is 1. The average molecular weight is 422 g/mol. The molecule has 2 rings (SSSR count). The number of carbonyl (C=O) groups excluding carboxylic acids is 2. The molecule has 1 amide bonds. The van der Waals surface area contributed by atoms with Crippen molar-refractivity contribution >= 4 is 11.9 Å². The van der Waals surface area contributed by atoms with Crippen LogP contribution in [0.1, 0.15) is 13.8 Å². The number of hydrogen-bond donors (Lipinski definition) is 4. The Morgan fingerprint density at radius 3 is 2.21 bits per heavy atom. The van der Waals surface area contributed by atoms with Gasteiger partial charge in [0.1, 0.15) is 30.5 Å². The SMILES string of the molecule is CO[C@@H]1OC(CO)[C@H](C)[C@H](O[C@@H]2OC(C(=O)[O-])[C@H](OC)[C@H](O)C2O)C1NC(C)=O. The maximum absolute atomic E-state index is 11.7. The zero-order chi connectivity index (χ0) is 21.9. The summed E-state index contributed by atoms with van der Waals surface area (Å²) in [6, 6.07) is -0.871. The fraction of sp³-hybridized carbons (Fsp3) is 0.882. The van der Waals surface area contributed by atoms with Crippen LogP contribution in [0.25, 0.3) is 0 Å². The van der Waals surface area contributed by atoms with Gasteiger partial charge in [0.15, 0.2) is 12.6 Å². The second kappa shape index (κ2) is 10.1. The lowest BCUT2D eigenvalue weighted by molar-refractivity contribution is -0.363. The monoisotopic (exact) mass is 422 g/mol. The Hall–Kier alpha value is -1.38. The molecule has 12 heteroatoms. The van der Waals surface area contributed by atoms with E-state index in [4.69, 9.17) is 23.7 Å². The van der Waals surface area contributed by atoms with Crippen molar-refractivity contribution in [2.24, 2.45) is 5.92 Å². The fourth-order valence-electron chi connectivity index (χ4n) is 3.64. The summed E-state index contributed by atoms with van der Waals surface area (Å²) in [6.07, 6.45) is -10.6. The van der Waals surface area contributed by atoms with Gasteiger partial charge < -0.3 is 54.2 Å². The second-order valence-corrected chi connectivity index (χ2v) is 7.07. The van der Waals surface area contributed by atoms with E-state index in [9.17, 15) is 30.0 Å². The molecule has 2 aliphatic rings. The minimum absolute atomic E-state index is 0.377. The van der Waals surface area contributed by atoms with Crippen molar-refractivity contribution in [2.45, 2.75) is 69.1 Å². The third kappa shape index (κ3) is 5.03. The molecular weight excluding hydrogens is 394 g/mol. The molecule has 29 heavy (non-hydrogen) atoms. The highest BCUT2D eigenvalue weighted by Gasteiger charge is 2.51. The lowest BCUT2D eigenvalue weighted by Crippen LogP contribution is -2.67. The standard InChI is InChI=1S/C17H29NO11/c1-6-8(5-19)27-16(26-4)9(18-7(2)20)12(6)28-17-11(22)10(21)13(25-3)14(29-17)15(23)24/h6,8-14,16-17,19,21-22H,5H2,1-4H3,(H,18,20)(H,23,24)/p-1/t6-,8?,9?,10+,11?,12-,13+,14?,16+,17+/m0/s1. The average Bonchev–Trinajstić information content (AvgIpc) is 2.67. The number of ether oxygens (including phenoxy) is 5. The third-order valence-corrected chi connectivity index (χ3v) is 5.18. The molecule has 0 spiro atoms. The molecule has 0 aromatic heterocycles. The Labute approximate surface area is 167 Å². The van der Waals surface area contributed by atoms with Crippen LogP contribution in [0.4, 0.5) is 0 Å². The van der Waals surface area contributed by atoms with Crippen LogP contribution in [0.5, 0.6) is 0 Å². The minimum atomic E-state index is -1.70. The van der Waals surface area contributed by atoms with Gasteiger partial charge in [0.25, 0.3) is 0 Å². The summed E-state index contributed by atoms with van der Waals surface area (Å²) in [5.74, 6) is -2.60. The fourth-order valence-corrected chi connectivity index (χ4v) is 3.64. The van der Waals surface area contributed by atoms with Crippen molar-refractivity contribution in [3.63, 3.8) is 0 Å². The summed E-state index contributed by atoms with van der Waals surface area (Å²) < 4.78 is 26.9. The topological polar surface area (TPSA) is 176 Å². The number of aliphatic hydroxyl groups is 3. The molecular formula is C17H28NO11-. The highest BCUT2D eigenvalue weighted by Crippen LogP contribution is 2.32. The smallest absolute Gasteiger partial charge is 0.217 e. The van der Waals surface area contributed by atoms with E-state index in [1.165, 1.54) is 14.0 Å². The number of rotatable bonds is 7. The first-order valence-corrected chi connectivity index (χ1v) is 9.13. The number of hydrogen-bond acceptors (Lipinski definition) is 11. The van der Waals surface area contributed by atoms with Crippen LogP contribution < -0.4 is 10.4 Å². The largest absolute Gasteiger partial charge is 0.547 e. The van der Waals surface area contributed by atoms with E-state index in [0.717, 1.165) is 7.11 Å². The van der Waals surface area contributed by atoms with Gasteiger partial charge in [-0.15, -0.1) is 0 Å². The van der Waals surface area contributed by atoms with Crippen LogP contribution in [-0.4, -0.2) is 103 Å². The van der Waals surface area contributed by atoms with Crippen LogP contribution in [0, 0.1) is 5.92 Å². The van der Waals surface area contributed by atoms with Crippen LogP contribution in [0.15, 0.2) is 0 Å². The highest BCUT2D eigenvalue weighted by molar-refractivity contribution is 5.73. The molecule has 2 saturated heterocycles. The van der Waals surface area contributed by atoms with Crippen LogP contribution in [0.3, 0.4) is 0 Å². The molecule has 4 unspecified atom stereocenters. The third-order valence-electron chi connectivity index (χ3n) is 5.18. The van der Waals surface area contributed by atoms with Gasteiger partial charge in [0.2, 0.25) is 5.91 Å². The van der Waals surface area contributed by atoms with Gasteiger partial charge in [-0.05, 0) is 0 Å². The van der Waals surface area contributed by atoms with Gasteiger partial charge in [-0.3, -0.25) is 4.79 Å². The van der Waals surface area contributed by atoms with E-state index in [1.54, 1.807) is 6.92 Å². The quantitative estimate of drug-likeness (QED) is 0.315. The summed E-state index contributed by atoms with van der Waals surface area (Å²) >= 11 is 0. The molecule has 0 aliphatic carbocycles. The molecule has 4 N–H and O–H groups in total. The van der Waals surface area contributed by atoms with Gasteiger partial charge in [-0.1, -0.05) is 6.92 Å². The number of carboxylic acid groups (broad SMARTS) is 1. The molecule has 0 aromatic carbocycles. The first-order valence-electron chi connectivity index (χ1n) is 9.13. The van der Waals surface area contributed by atoms with Gasteiger partial charge in [0.05, 0.1) is 24.8 Å². The summed E-state index contributed by atoms with van der Waals surface area (Å²) in [6.45, 7) is 2.57. The number of aliphatic carboxylic acids is 1. The molecule has 0 aromatic rings. The van der Waals surface area contributed by atoms with Gasteiger partial charge in [0, 0.05) is 27.1 Å². The molecule has 0 bridgehead atoms. The van der Waals surface area contributed by atoms with Gasteiger partial charge in [-0.25, -0.2) is 0 Å². The van der Waals surface area contributed by atoms with Crippen molar-refractivity contribution < 1.29 is 53.7 Å². The number of amides is 1. The summed E-state index contributed by atoms with van der Waals surface area (Å²) in [4.78, 5) is 23.0. The summed E-state index contributed by atoms with van der Waals surface area (Å²) in [7, 11) is 2.50. The van der Waals surface area contributed by atoms with E-state index >= 15 is 0 Å². The van der Waals surface area contributed by atoms with E-state index in [2.05, 4.69) is 5.32 Å². The molecule has 2 heterocycles. The van der Waals surface area contributed by atoms with Crippen molar-refractivity contribution in [3.8, 4) is 0 Å². The predicted octanol–water partition coefficient (Wildman–Crippen LogP) is -3.91. The predicted molar refractivity (Wildman–Crippen MR) is 90.9 cm³/mol. The number of methoxy groups -OCH3 is 2. The Morgan fingerprint density at radius 2 is 1.72 bits per heavy atom. The molecule has 168 valence electrons. The Bertz CT molecular complexity index is 576.